The fourth-order valence-electron chi connectivity index (χ4n) is 0.213. The van der Waals surface area contributed by atoms with Crippen molar-refractivity contribution in [2.75, 3.05) is 0 Å². The molecule has 0 aliphatic heterocycles. The normalized spacial score (nSPS) is 6.82. The maximum atomic E-state index is 9.87. The van der Waals surface area contributed by atoms with Crippen LogP contribution in [0.1, 0.15) is 26.7 Å². The van der Waals surface area contributed by atoms with Crippen molar-refractivity contribution in [2.24, 2.45) is 0 Å². The fraction of sp³-hybridized carbons (Fsp3) is 0.571. The van der Waals surface area contributed by atoms with Crippen LogP contribution in [0.15, 0.2) is 0 Å². The van der Waals surface area contributed by atoms with Crippen molar-refractivity contribution in [3.8, 4) is 0 Å². The number of ketones is 1. The number of Topliss-reactive ketones (excluding diaryl/α,β-unsaturated/α-hetero) is 1. The Bertz CT molecular complexity index is 100. The number of carbonyl (C=O) groups excluding carboxylic acids is 1. The van der Waals surface area contributed by atoms with Crippen molar-refractivity contribution in [1.82, 2.24) is 0 Å². The Morgan fingerprint density at radius 2 is 1.73 bits per heavy atom. The summed E-state index contributed by atoms with van der Waals surface area (Å²) in [7, 11) is 0. The van der Waals surface area contributed by atoms with Gasteiger partial charge in [-0.2, -0.15) is 6.42 Å². The molecule has 3 nitrogen and oxygen atoms in total. The van der Waals surface area contributed by atoms with Crippen LogP contribution in [0.3, 0.4) is 0 Å². The van der Waals surface area contributed by atoms with Gasteiger partial charge in [-0.1, -0.05) is 6.92 Å². The van der Waals surface area contributed by atoms with Gasteiger partial charge >= 0.3 is 5.97 Å². The van der Waals surface area contributed by atoms with E-state index in [1.54, 1.807) is 0 Å². The van der Waals surface area contributed by atoms with Crippen molar-refractivity contribution in [1.29, 1.82) is 0 Å². The van der Waals surface area contributed by atoms with E-state index >= 15 is 0 Å². The number of carbonyl (C=O) groups is 2. The molecule has 0 aromatic rings. The SMILES string of the molecule is CC(=O)CC(=O)O.[CH2-]CC.[Fe]. The first-order valence-electron chi connectivity index (χ1n) is 3.05. The first-order chi connectivity index (χ1) is 4.54. The summed E-state index contributed by atoms with van der Waals surface area (Å²) in [6.45, 7) is 6.74. The maximum Gasteiger partial charge on any atom is 0.310 e. The minimum absolute atomic E-state index is 0. The Balaban J connectivity index is -0.000000140. The standard InChI is InChI=1S/C4H6O3.C3H7.Fe/c1-3(5)2-4(6)7;1-3-2;/h2H2,1H3,(H,6,7);1,3H2,2H3;/q;-1;. The van der Waals surface area contributed by atoms with Crippen LogP contribution in [0, 0.1) is 6.92 Å². The molecular formula is C7H13FeO3-. The maximum absolute atomic E-state index is 9.87. The molecule has 0 aliphatic rings. The van der Waals surface area contributed by atoms with Crippen LogP contribution in [-0.4, -0.2) is 16.9 Å². The number of aliphatic carboxylic acids is 1. The third-order valence-electron chi connectivity index (χ3n) is 0.400. The Kier molecular flexibility index (Phi) is 19.0. The van der Waals surface area contributed by atoms with Gasteiger partial charge in [0, 0.05) is 17.1 Å². The molecule has 0 spiro atoms. The second-order valence-electron chi connectivity index (χ2n) is 1.77. The van der Waals surface area contributed by atoms with E-state index in [0.29, 0.717) is 0 Å². The molecule has 0 fully saturated rings. The third-order valence-corrected chi connectivity index (χ3v) is 0.400. The van der Waals surface area contributed by atoms with E-state index in [1.165, 1.54) is 6.92 Å². The smallest absolute Gasteiger partial charge is 0.310 e. The fourth-order valence-corrected chi connectivity index (χ4v) is 0.213. The zero-order valence-corrected chi connectivity index (χ0v) is 7.84. The molecule has 0 aliphatic carbocycles. The van der Waals surface area contributed by atoms with Gasteiger partial charge in [0.05, 0.1) is 0 Å². The molecule has 0 amide bonds. The molecule has 0 bridgehead atoms. The molecule has 0 aromatic heterocycles. The molecule has 0 aromatic carbocycles. The molecular weight excluding hydrogens is 188 g/mol. The van der Waals surface area contributed by atoms with Crippen LogP contribution in [0.5, 0.6) is 0 Å². The van der Waals surface area contributed by atoms with Crippen LogP contribution < -0.4 is 0 Å². The first kappa shape index (κ1) is 17.0. The molecule has 0 saturated heterocycles. The molecule has 68 valence electrons. The zero-order chi connectivity index (χ0) is 8.57. The van der Waals surface area contributed by atoms with Gasteiger partial charge in [0.2, 0.25) is 0 Å². The van der Waals surface area contributed by atoms with Gasteiger partial charge in [0.15, 0.2) is 0 Å². The third kappa shape index (κ3) is 42.3. The molecule has 0 rings (SSSR count). The van der Waals surface area contributed by atoms with Gasteiger partial charge in [-0.15, -0.1) is 0 Å². The van der Waals surface area contributed by atoms with Crippen LogP contribution in [0.4, 0.5) is 0 Å². The van der Waals surface area contributed by atoms with Crippen LogP contribution in [0.2, 0.25) is 0 Å². The minimum Gasteiger partial charge on any atom is -0.481 e. The average molecular weight is 201 g/mol. The second kappa shape index (κ2) is 12.3. The first-order valence-corrected chi connectivity index (χ1v) is 3.05. The van der Waals surface area contributed by atoms with Crippen LogP contribution >= 0.6 is 0 Å². The molecule has 0 saturated carbocycles. The number of rotatable bonds is 2. The molecule has 0 atom stereocenters. The van der Waals surface area contributed by atoms with E-state index < -0.39 is 5.97 Å². The van der Waals surface area contributed by atoms with Gasteiger partial charge in [0.1, 0.15) is 12.2 Å². The van der Waals surface area contributed by atoms with E-state index in [-0.39, 0.29) is 29.3 Å². The molecule has 0 heterocycles. The number of carboxylic acid groups (broad SMARTS) is 1. The largest absolute Gasteiger partial charge is 0.481 e. The number of carboxylic acids is 1. The van der Waals surface area contributed by atoms with Crippen LogP contribution in [-0.2, 0) is 26.7 Å². The van der Waals surface area contributed by atoms with Crippen molar-refractivity contribution < 1.29 is 31.8 Å². The average Bonchev–Trinajstić information content (AvgIpc) is 1.62. The summed E-state index contributed by atoms with van der Waals surface area (Å²) in [5, 5.41) is 7.86. The Labute approximate surface area is 77.6 Å². The Morgan fingerprint density at radius 1 is 1.45 bits per heavy atom. The number of hydrogen-bond acceptors (Lipinski definition) is 2. The van der Waals surface area contributed by atoms with E-state index in [1.807, 2.05) is 6.92 Å². The Hall–Kier alpha value is -0.341. The van der Waals surface area contributed by atoms with E-state index in [9.17, 15) is 9.59 Å². The topological polar surface area (TPSA) is 54.4 Å². The van der Waals surface area contributed by atoms with E-state index in [0.717, 1.165) is 6.42 Å². The van der Waals surface area contributed by atoms with Gasteiger partial charge in [0.25, 0.3) is 0 Å². The van der Waals surface area contributed by atoms with E-state index in [2.05, 4.69) is 6.92 Å². The summed E-state index contributed by atoms with van der Waals surface area (Å²) < 4.78 is 0. The van der Waals surface area contributed by atoms with E-state index in [4.69, 9.17) is 5.11 Å². The zero-order valence-electron chi connectivity index (χ0n) is 6.74. The summed E-state index contributed by atoms with van der Waals surface area (Å²) in [6, 6.07) is 0. The van der Waals surface area contributed by atoms with Gasteiger partial charge in [-0.3, -0.25) is 9.59 Å². The summed E-state index contributed by atoms with van der Waals surface area (Å²) in [4.78, 5) is 19.5. The Morgan fingerprint density at radius 3 is 1.73 bits per heavy atom. The van der Waals surface area contributed by atoms with Gasteiger partial charge in [-0.25, -0.2) is 0 Å². The molecule has 0 unspecified atom stereocenters. The van der Waals surface area contributed by atoms with Crippen molar-refractivity contribution in [3.05, 3.63) is 6.92 Å². The van der Waals surface area contributed by atoms with Crippen molar-refractivity contribution in [2.45, 2.75) is 26.7 Å². The monoisotopic (exact) mass is 201 g/mol. The molecule has 4 heteroatoms. The quantitative estimate of drug-likeness (QED) is 0.416. The summed E-state index contributed by atoms with van der Waals surface area (Å²) >= 11 is 0. The predicted molar refractivity (Wildman–Crippen MR) is 38.6 cm³/mol. The predicted octanol–water partition coefficient (Wildman–Crippen LogP) is 1.28. The number of hydrogen-bond donors (Lipinski definition) is 1. The minimum atomic E-state index is -1.06. The second-order valence-corrected chi connectivity index (χ2v) is 1.77. The van der Waals surface area contributed by atoms with Crippen LogP contribution in [0.25, 0.3) is 0 Å². The van der Waals surface area contributed by atoms with Gasteiger partial charge in [-0.05, 0) is 6.92 Å². The van der Waals surface area contributed by atoms with Crippen molar-refractivity contribution in [3.63, 3.8) is 0 Å². The summed E-state index contributed by atoms with van der Waals surface area (Å²) in [5.41, 5.74) is 0. The van der Waals surface area contributed by atoms with Crippen molar-refractivity contribution >= 4 is 11.8 Å². The molecule has 11 heavy (non-hydrogen) atoms. The van der Waals surface area contributed by atoms with Gasteiger partial charge < -0.3 is 12.0 Å². The molecule has 1 N–H and O–H groups in total. The summed E-state index contributed by atoms with van der Waals surface area (Å²) in [5.74, 6) is -1.37. The molecule has 0 radical (unpaired) electrons. The summed E-state index contributed by atoms with van der Waals surface area (Å²) in [6.07, 6.45) is 0.639.